The van der Waals surface area contributed by atoms with Gasteiger partial charge in [-0.05, 0) is 43.5 Å². The van der Waals surface area contributed by atoms with Crippen LogP contribution in [0.5, 0.6) is 17.4 Å². The van der Waals surface area contributed by atoms with Gasteiger partial charge in [-0.15, -0.1) is 0 Å². The van der Waals surface area contributed by atoms with Crippen molar-refractivity contribution in [3.8, 4) is 17.4 Å². The van der Waals surface area contributed by atoms with Crippen LogP contribution in [-0.2, 0) is 4.79 Å². The summed E-state index contributed by atoms with van der Waals surface area (Å²) in [4.78, 5) is 41.3. The van der Waals surface area contributed by atoms with Crippen LogP contribution in [0.15, 0.2) is 23.0 Å². The number of aromatic hydroxyl groups is 1. The van der Waals surface area contributed by atoms with E-state index >= 15 is 0 Å². The molecule has 0 radical (unpaired) electrons. The number of hydrogen-bond donors (Lipinski definition) is 2. The molecule has 31 heavy (non-hydrogen) atoms. The Balaban J connectivity index is 1.75. The molecule has 2 aromatic rings. The molecule has 11 heteroatoms. The van der Waals surface area contributed by atoms with Crippen molar-refractivity contribution in [3.63, 3.8) is 0 Å². The van der Waals surface area contributed by atoms with E-state index in [1.54, 1.807) is 29.2 Å². The molecule has 2 N–H and O–H groups in total. The average Bonchev–Trinajstić information content (AvgIpc) is 3.26. The molecule has 1 aliphatic heterocycles. The highest BCUT2D eigenvalue weighted by Gasteiger charge is 2.21. The largest absolute Gasteiger partial charge is 0.490 e. The van der Waals surface area contributed by atoms with Gasteiger partial charge in [0.1, 0.15) is 5.82 Å². The zero-order chi connectivity index (χ0) is 22.4. The van der Waals surface area contributed by atoms with Crippen LogP contribution in [0.2, 0.25) is 0 Å². The lowest BCUT2D eigenvalue weighted by Crippen LogP contribution is -2.32. The molecule has 0 atom stereocenters. The maximum absolute atomic E-state index is 12.2. The summed E-state index contributed by atoms with van der Waals surface area (Å²) in [5.41, 5.74) is -1.42. The average molecular weight is 430 g/mol. The maximum atomic E-state index is 12.2. The van der Waals surface area contributed by atoms with Gasteiger partial charge in [-0.2, -0.15) is 4.98 Å². The van der Waals surface area contributed by atoms with E-state index < -0.39 is 22.0 Å². The summed E-state index contributed by atoms with van der Waals surface area (Å²) in [7, 11) is 0. The fourth-order valence-corrected chi connectivity index (χ4v) is 3.10. The van der Waals surface area contributed by atoms with Crippen LogP contribution >= 0.6 is 0 Å². The molecule has 164 valence electrons. The second-order valence-corrected chi connectivity index (χ2v) is 6.73. The number of nitrogens with one attached hydrogen (secondary N) is 1. The molecule has 0 aliphatic carbocycles. The van der Waals surface area contributed by atoms with Crippen molar-refractivity contribution in [3.05, 3.63) is 50.1 Å². The van der Waals surface area contributed by atoms with Crippen molar-refractivity contribution >= 4 is 23.7 Å². The van der Waals surface area contributed by atoms with Gasteiger partial charge in [0.15, 0.2) is 18.1 Å². The molecular weight excluding hydrogens is 408 g/mol. The van der Waals surface area contributed by atoms with Crippen molar-refractivity contribution < 1.29 is 24.3 Å². The molecule has 0 saturated carbocycles. The molecule has 1 aromatic carbocycles. The monoisotopic (exact) mass is 430 g/mol. The Hall–Kier alpha value is -3.89. The SMILES string of the molecule is CCOc1cc(C=Cc2nc(O)c([N+](=O)[O-])c(=O)[nH]2)ccc1OCC(=O)N1CCCC1. The van der Waals surface area contributed by atoms with Crippen LogP contribution in [0.3, 0.4) is 0 Å². The molecule has 2 heterocycles. The van der Waals surface area contributed by atoms with Crippen molar-refractivity contribution in [2.24, 2.45) is 0 Å². The van der Waals surface area contributed by atoms with Crippen LogP contribution in [-0.4, -0.2) is 57.1 Å². The van der Waals surface area contributed by atoms with E-state index in [2.05, 4.69) is 9.97 Å². The summed E-state index contributed by atoms with van der Waals surface area (Å²) in [6.07, 6.45) is 4.96. The van der Waals surface area contributed by atoms with Crippen LogP contribution in [0.4, 0.5) is 5.69 Å². The van der Waals surface area contributed by atoms with Gasteiger partial charge in [-0.25, -0.2) is 0 Å². The molecule has 0 bridgehead atoms. The van der Waals surface area contributed by atoms with E-state index in [4.69, 9.17) is 9.47 Å². The number of carbonyl (C=O) groups is 1. The number of aromatic nitrogens is 2. The fourth-order valence-electron chi connectivity index (χ4n) is 3.10. The number of benzene rings is 1. The fraction of sp³-hybridized carbons (Fsp3) is 0.350. The Morgan fingerprint density at radius 2 is 2.03 bits per heavy atom. The number of carbonyl (C=O) groups excluding carboxylic acids is 1. The number of nitrogens with zero attached hydrogens (tertiary/aromatic N) is 3. The van der Waals surface area contributed by atoms with E-state index in [-0.39, 0.29) is 18.3 Å². The summed E-state index contributed by atoms with van der Waals surface area (Å²) < 4.78 is 11.2. The van der Waals surface area contributed by atoms with E-state index in [1.165, 1.54) is 6.08 Å². The molecule has 3 rings (SSSR count). The Bertz CT molecular complexity index is 1060. The van der Waals surface area contributed by atoms with Crippen molar-refractivity contribution in [2.75, 3.05) is 26.3 Å². The van der Waals surface area contributed by atoms with Crippen LogP contribution in [0.1, 0.15) is 31.2 Å². The highest BCUT2D eigenvalue weighted by molar-refractivity contribution is 5.78. The molecule has 0 unspecified atom stereocenters. The smallest absolute Gasteiger partial charge is 0.395 e. The van der Waals surface area contributed by atoms with Gasteiger partial charge >= 0.3 is 11.2 Å². The third-order valence-electron chi connectivity index (χ3n) is 4.59. The molecule has 0 spiro atoms. The summed E-state index contributed by atoms with van der Waals surface area (Å²) in [5.74, 6) is -0.229. The number of likely N-dealkylation sites (tertiary alicyclic amines) is 1. The van der Waals surface area contributed by atoms with Gasteiger partial charge in [-0.1, -0.05) is 12.1 Å². The van der Waals surface area contributed by atoms with E-state index in [0.29, 0.717) is 23.7 Å². The second-order valence-electron chi connectivity index (χ2n) is 6.73. The van der Waals surface area contributed by atoms with Gasteiger partial charge in [0.25, 0.3) is 11.8 Å². The molecule has 1 saturated heterocycles. The minimum atomic E-state index is -1.06. The lowest BCUT2D eigenvalue weighted by molar-refractivity contribution is -0.387. The highest BCUT2D eigenvalue weighted by atomic mass is 16.6. The summed E-state index contributed by atoms with van der Waals surface area (Å²) in [5, 5.41) is 20.4. The van der Waals surface area contributed by atoms with Gasteiger partial charge < -0.3 is 24.5 Å². The number of ether oxygens (including phenoxy) is 2. The van der Waals surface area contributed by atoms with E-state index in [0.717, 1.165) is 25.9 Å². The number of nitro groups is 1. The first-order valence-electron chi connectivity index (χ1n) is 9.72. The maximum Gasteiger partial charge on any atom is 0.395 e. The number of aromatic amines is 1. The van der Waals surface area contributed by atoms with Crippen molar-refractivity contribution in [2.45, 2.75) is 19.8 Å². The Kier molecular flexibility index (Phi) is 6.85. The Labute approximate surface area is 177 Å². The Morgan fingerprint density at radius 3 is 2.68 bits per heavy atom. The van der Waals surface area contributed by atoms with Crippen LogP contribution < -0.4 is 15.0 Å². The number of hydrogen-bond acceptors (Lipinski definition) is 8. The normalized spacial score (nSPS) is 13.5. The third kappa shape index (κ3) is 5.38. The van der Waals surface area contributed by atoms with Gasteiger partial charge in [0.05, 0.1) is 11.5 Å². The predicted octanol–water partition coefficient (Wildman–Crippen LogP) is 1.95. The zero-order valence-corrected chi connectivity index (χ0v) is 16.9. The van der Waals surface area contributed by atoms with Gasteiger partial charge in [-0.3, -0.25) is 19.7 Å². The highest BCUT2D eigenvalue weighted by Crippen LogP contribution is 2.29. The summed E-state index contributed by atoms with van der Waals surface area (Å²) >= 11 is 0. The van der Waals surface area contributed by atoms with Crippen molar-refractivity contribution in [1.29, 1.82) is 0 Å². The minimum Gasteiger partial charge on any atom is -0.490 e. The zero-order valence-electron chi connectivity index (χ0n) is 16.9. The first-order valence-corrected chi connectivity index (χ1v) is 9.72. The first-order chi connectivity index (χ1) is 14.9. The molecule has 11 nitrogen and oxygen atoms in total. The summed E-state index contributed by atoms with van der Waals surface area (Å²) in [6.45, 7) is 3.62. The Morgan fingerprint density at radius 1 is 1.29 bits per heavy atom. The molecule has 1 amide bonds. The minimum absolute atomic E-state index is 0.0532. The molecule has 1 fully saturated rings. The quantitative estimate of drug-likeness (QED) is 0.477. The van der Waals surface area contributed by atoms with Crippen LogP contribution in [0.25, 0.3) is 12.2 Å². The molecule has 1 aromatic heterocycles. The summed E-state index contributed by atoms with van der Waals surface area (Å²) in [6, 6.07) is 5.04. The molecule has 1 aliphatic rings. The number of rotatable bonds is 8. The van der Waals surface area contributed by atoms with Gasteiger partial charge in [0, 0.05) is 13.1 Å². The van der Waals surface area contributed by atoms with E-state index in [1.807, 2.05) is 6.92 Å². The lowest BCUT2D eigenvalue weighted by atomic mass is 10.2. The van der Waals surface area contributed by atoms with Crippen LogP contribution in [0, 0.1) is 10.1 Å². The van der Waals surface area contributed by atoms with E-state index in [9.17, 15) is 24.8 Å². The van der Waals surface area contributed by atoms with Gasteiger partial charge in [0.2, 0.25) is 0 Å². The molecular formula is C20H22N4O7. The number of amides is 1. The van der Waals surface area contributed by atoms with Crippen molar-refractivity contribution in [1.82, 2.24) is 14.9 Å². The second kappa shape index (κ2) is 9.74. The third-order valence-corrected chi connectivity index (χ3v) is 4.59. The lowest BCUT2D eigenvalue weighted by Gasteiger charge is -2.17. The predicted molar refractivity (Wildman–Crippen MR) is 111 cm³/mol. The standard InChI is InChI=1S/C20H22N4O7/c1-2-30-15-11-13(5-7-14(15)31-12-17(25)23-9-3-4-10-23)6-8-16-21-19(26)18(24(28)29)20(27)22-16/h5-8,11H,2-4,9-10,12H2,1H3,(H2,21,22,26,27). The topological polar surface area (TPSA) is 148 Å². The first kappa shape index (κ1) is 21.8. The number of H-pyrrole nitrogens is 1.